The maximum absolute atomic E-state index is 11.6. The molecule has 3 rings (SSSR count). The van der Waals surface area contributed by atoms with Gasteiger partial charge >= 0.3 is 0 Å². The van der Waals surface area contributed by atoms with Gasteiger partial charge in [-0.1, -0.05) is 30.3 Å². The van der Waals surface area contributed by atoms with Crippen LogP contribution in [0.4, 0.5) is 0 Å². The first-order valence-corrected chi connectivity index (χ1v) is 12.4. The van der Waals surface area contributed by atoms with Crippen LogP contribution in [0.2, 0.25) is 0 Å². The van der Waals surface area contributed by atoms with Gasteiger partial charge in [0, 0.05) is 44.4 Å². The molecule has 0 aliphatic carbocycles. The molecule has 32 heavy (non-hydrogen) atoms. The number of methoxy groups -OCH3 is 2. The number of aromatic nitrogens is 1. The summed E-state index contributed by atoms with van der Waals surface area (Å²) in [6.45, 7) is 3.10. The number of likely N-dealkylation sites (tertiary alicyclic amines) is 1. The Labute approximate surface area is 190 Å². The molecule has 0 radical (unpaired) electrons. The standard InChI is InChI=1S/C23H32N2O6S/c1-28-17-30-15-19-10-22(24-23(11-19)29-2)21-9-20(16-31-32(3,26)27)13-25(14-21)12-18-7-5-4-6-8-18/h4-8,10-11,20-21H,9,12-17H2,1-3H3. The lowest BCUT2D eigenvalue weighted by molar-refractivity contribution is -0.0391. The van der Waals surface area contributed by atoms with Crippen LogP contribution in [-0.4, -0.2) is 65.3 Å². The van der Waals surface area contributed by atoms with Crippen molar-refractivity contribution in [3.05, 3.63) is 59.3 Å². The van der Waals surface area contributed by atoms with E-state index in [2.05, 4.69) is 17.0 Å². The molecule has 0 amide bonds. The molecular formula is C23H32N2O6S. The highest BCUT2D eigenvalue weighted by Gasteiger charge is 2.30. The topological polar surface area (TPSA) is 87.2 Å². The molecule has 1 fully saturated rings. The second kappa shape index (κ2) is 11.7. The third kappa shape index (κ3) is 7.83. The van der Waals surface area contributed by atoms with Crippen LogP contribution in [0, 0.1) is 5.92 Å². The first kappa shape index (κ1) is 24.6. The summed E-state index contributed by atoms with van der Waals surface area (Å²) in [6, 6.07) is 14.1. The number of hydrogen-bond acceptors (Lipinski definition) is 8. The van der Waals surface area contributed by atoms with Gasteiger partial charge in [-0.25, -0.2) is 4.98 Å². The molecule has 2 unspecified atom stereocenters. The highest BCUT2D eigenvalue weighted by Crippen LogP contribution is 2.32. The minimum Gasteiger partial charge on any atom is -0.481 e. The summed E-state index contributed by atoms with van der Waals surface area (Å²) in [5.41, 5.74) is 3.07. The van der Waals surface area contributed by atoms with Gasteiger partial charge in [0.25, 0.3) is 10.1 Å². The van der Waals surface area contributed by atoms with E-state index in [4.69, 9.17) is 23.4 Å². The van der Waals surface area contributed by atoms with Crippen LogP contribution in [0.1, 0.15) is 29.2 Å². The van der Waals surface area contributed by atoms with Crippen molar-refractivity contribution in [3.63, 3.8) is 0 Å². The average molecular weight is 465 g/mol. The van der Waals surface area contributed by atoms with E-state index in [1.165, 1.54) is 5.56 Å². The maximum Gasteiger partial charge on any atom is 0.264 e. The van der Waals surface area contributed by atoms with E-state index in [-0.39, 0.29) is 25.2 Å². The largest absolute Gasteiger partial charge is 0.481 e. The molecule has 8 nitrogen and oxygen atoms in total. The van der Waals surface area contributed by atoms with E-state index in [1.54, 1.807) is 14.2 Å². The smallest absolute Gasteiger partial charge is 0.264 e. The van der Waals surface area contributed by atoms with Crippen molar-refractivity contribution in [2.75, 3.05) is 47.0 Å². The van der Waals surface area contributed by atoms with E-state index >= 15 is 0 Å². The minimum absolute atomic E-state index is 0.0633. The summed E-state index contributed by atoms with van der Waals surface area (Å²) in [4.78, 5) is 7.03. The van der Waals surface area contributed by atoms with Crippen molar-refractivity contribution in [2.45, 2.75) is 25.5 Å². The number of piperidine rings is 1. The molecule has 1 saturated heterocycles. The fourth-order valence-electron chi connectivity index (χ4n) is 4.05. The van der Waals surface area contributed by atoms with Crippen molar-refractivity contribution in [1.29, 1.82) is 0 Å². The van der Waals surface area contributed by atoms with Crippen LogP contribution in [0.3, 0.4) is 0 Å². The van der Waals surface area contributed by atoms with Gasteiger partial charge in [0.2, 0.25) is 5.88 Å². The molecule has 0 spiro atoms. The van der Waals surface area contributed by atoms with Gasteiger partial charge in [0.1, 0.15) is 6.79 Å². The molecule has 1 aromatic carbocycles. The van der Waals surface area contributed by atoms with Gasteiger partial charge in [0.05, 0.1) is 26.6 Å². The molecule has 0 saturated carbocycles. The van der Waals surface area contributed by atoms with Crippen molar-refractivity contribution < 1.29 is 26.8 Å². The second-order valence-corrected chi connectivity index (χ2v) is 9.81. The molecule has 1 aliphatic rings. The molecule has 176 valence electrons. The summed E-state index contributed by atoms with van der Waals surface area (Å²) in [5.74, 6) is 0.702. The predicted molar refractivity (Wildman–Crippen MR) is 121 cm³/mol. The first-order valence-electron chi connectivity index (χ1n) is 10.6. The fraction of sp³-hybridized carbons (Fsp3) is 0.522. The lowest BCUT2D eigenvalue weighted by atomic mass is 9.86. The van der Waals surface area contributed by atoms with Crippen LogP contribution in [0.25, 0.3) is 0 Å². The summed E-state index contributed by atoms with van der Waals surface area (Å²) in [5, 5.41) is 0. The van der Waals surface area contributed by atoms with Crippen molar-refractivity contribution in [3.8, 4) is 5.88 Å². The molecule has 2 aromatic rings. The van der Waals surface area contributed by atoms with Crippen molar-refractivity contribution in [2.24, 2.45) is 5.92 Å². The maximum atomic E-state index is 11.6. The Balaban J connectivity index is 1.81. The Morgan fingerprint density at radius 2 is 1.88 bits per heavy atom. The number of pyridine rings is 1. The van der Waals surface area contributed by atoms with E-state index in [1.807, 2.05) is 30.3 Å². The predicted octanol–water partition coefficient (Wildman–Crippen LogP) is 2.79. The molecule has 0 bridgehead atoms. The van der Waals surface area contributed by atoms with Crippen LogP contribution >= 0.6 is 0 Å². The molecular weight excluding hydrogens is 432 g/mol. The van der Waals surface area contributed by atoms with E-state index in [0.29, 0.717) is 12.5 Å². The van der Waals surface area contributed by atoms with Crippen LogP contribution in [-0.2, 0) is 36.9 Å². The Morgan fingerprint density at radius 3 is 2.56 bits per heavy atom. The highest BCUT2D eigenvalue weighted by atomic mass is 32.2. The third-order valence-corrected chi connectivity index (χ3v) is 5.92. The average Bonchev–Trinajstić information content (AvgIpc) is 2.78. The SMILES string of the molecule is COCOCc1cc(OC)nc(C2CC(COS(C)(=O)=O)CN(Cc3ccccc3)C2)c1. The Morgan fingerprint density at radius 1 is 1.09 bits per heavy atom. The molecule has 9 heteroatoms. The summed E-state index contributed by atoms with van der Waals surface area (Å²) in [7, 11) is -0.316. The lowest BCUT2D eigenvalue weighted by Crippen LogP contribution is -2.41. The van der Waals surface area contributed by atoms with Gasteiger partial charge in [-0.05, 0) is 29.5 Å². The summed E-state index contributed by atoms with van der Waals surface area (Å²) in [6.07, 6.45) is 1.87. The number of rotatable bonds is 11. The monoisotopic (exact) mass is 464 g/mol. The van der Waals surface area contributed by atoms with Gasteiger partial charge in [-0.3, -0.25) is 9.08 Å². The number of hydrogen-bond donors (Lipinski definition) is 0. The molecule has 2 atom stereocenters. The normalized spacial score (nSPS) is 19.7. The summed E-state index contributed by atoms with van der Waals surface area (Å²) >= 11 is 0. The molecule has 2 heterocycles. The Hall–Kier alpha value is -2.04. The Kier molecular flexibility index (Phi) is 9.01. The van der Waals surface area contributed by atoms with Crippen LogP contribution < -0.4 is 4.74 Å². The van der Waals surface area contributed by atoms with Gasteiger partial charge in [-0.2, -0.15) is 8.42 Å². The molecule has 1 aliphatic heterocycles. The highest BCUT2D eigenvalue weighted by molar-refractivity contribution is 7.85. The zero-order chi connectivity index (χ0) is 23.0. The van der Waals surface area contributed by atoms with Crippen LogP contribution in [0.15, 0.2) is 42.5 Å². The first-order chi connectivity index (χ1) is 15.4. The molecule has 0 N–H and O–H groups in total. The van der Waals surface area contributed by atoms with Gasteiger partial charge in [0.15, 0.2) is 0 Å². The zero-order valence-electron chi connectivity index (χ0n) is 18.9. The second-order valence-electron chi connectivity index (χ2n) is 8.16. The van der Waals surface area contributed by atoms with Crippen molar-refractivity contribution >= 4 is 10.1 Å². The van der Waals surface area contributed by atoms with E-state index in [9.17, 15) is 8.42 Å². The lowest BCUT2D eigenvalue weighted by Gasteiger charge is -2.37. The Bertz CT molecular complexity index is 954. The molecule has 1 aromatic heterocycles. The van der Waals surface area contributed by atoms with E-state index in [0.717, 1.165) is 43.6 Å². The zero-order valence-corrected chi connectivity index (χ0v) is 19.7. The number of ether oxygens (including phenoxy) is 3. The fourth-order valence-corrected chi connectivity index (χ4v) is 4.49. The number of nitrogens with zero attached hydrogens (tertiary/aromatic N) is 2. The number of benzene rings is 1. The minimum atomic E-state index is -3.49. The summed E-state index contributed by atoms with van der Waals surface area (Å²) < 4.78 is 44.2. The third-order valence-electron chi connectivity index (χ3n) is 5.36. The van der Waals surface area contributed by atoms with E-state index < -0.39 is 10.1 Å². The quantitative estimate of drug-likeness (QED) is 0.285. The van der Waals surface area contributed by atoms with Gasteiger partial charge < -0.3 is 14.2 Å². The van der Waals surface area contributed by atoms with Gasteiger partial charge in [-0.15, -0.1) is 0 Å². The van der Waals surface area contributed by atoms with Crippen molar-refractivity contribution in [1.82, 2.24) is 9.88 Å². The van der Waals surface area contributed by atoms with Crippen LogP contribution in [0.5, 0.6) is 5.88 Å².